The smallest absolute Gasteiger partial charge is 0.238 e. The quantitative estimate of drug-likeness (QED) is 0.713. The number of aromatic nitrogens is 2. The summed E-state index contributed by atoms with van der Waals surface area (Å²) in [6, 6.07) is 0.546. The number of ether oxygens (including phenoxy) is 1. The first kappa shape index (κ1) is 12.1. The zero-order valence-corrected chi connectivity index (χ0v) is 9.98. The number of anilines is 1. The van der Waals surface area contributed by atoms with Crippen LogP contribution < -0.4 is 10.6 Å². The lowest BCUT2D eigenvalue weighted by Gasteiger charge is -2.03. The van der Waals surface area contributed by atoms with Crippen LogP contribution in [-0.4, -0.2) is 42.0 Å². The van der Waals surface area contributed by atoms with Gasteiger partial charge in [0.2, 0.25) is 5.91 Å². The Morgan fingerprint density at radius 2 is 2.47 bits per heavy atom. The van der Waals surface area contributed by atoms with Crippen LogP contribution in [0.4, 0.5) is 5.69 Å². The predicted molar refractivity (Wildman–Crippen MR) is 63.8 cm³/mol. The van der Waals surface area contributed by atoms with Gasteiger partial charge >= 0.3 is 0 Å². The van der Waals surface area contributed by atoms with Crippen LogP contribution in [0, 0.1) is 0 Å². The first-order chi connectivity index (χ1) is 8.28. The molecule has 1 aromatic rings. The average molecular weight is 238 g/mol. The first-order valence-electron chi connectivity index (χ1n) is 5.82. The van der Waals surface area contributed by atoms with Crippen molar-refractivity contribution >= 4 is 11.6 Å². The highest BCUT2D eigenvalue weighted by atomic mass is 16.5. The minimum atomic E-state index is -0.0248. The average Bonchev–Trinajstić information content (AvgIpc) is 3.05. The van der Waals surface area contributed by atoms with Gasteiger partial charge in [-0.05, 0) is 12.8 Å². The van der Waals surface area contributed by atoms with Crippen LogP contribution in [-0.2, 0) is 16.1 Å². The molecule has 2 rings (SSSR count). The molecular weight excluding hydrogens is 220 g/mol. The van der Waals surface area contributed by atoms with Gasteiger partial charge < -0.3 is 15.4 Å². The molecule has 0 aromatic carbocycles. The number of amides is 1. The normalized spacial score (nSPS) is 14.9. The van der Waals surface area contributed by atoms with E-state index in [-0.39, 0.29) is 5.91 Å². The lowest BCUT2D eigenvalue weighted by molar-refractivity contribution is -0.115. The molecule has 0 unspecified atom stereocenters. The third kappa shape index (κ3) is 4.16. The first-order valence-corrected chi connectivity index (χ1v) is 5.82. The van der Waals surface area contributed by atoms with Crippen LogP contribution in [0.5, 0.6) is 0 Å². The van der Waals surface area contributed by atoms with E-state index >= 15 is 0 Å². The molecule has 6 heteroatoms. The van der Waals surface area contributed by atoms with Crippen LogP contribution in [0.15, 0.2) is 12.4 Å². The summed E-state index contributed by atoms with van der Waals surface area (Å²) in [6.07, 6.45) is 5.81. The highest BCUT2D eigenvalue weighted by molar-refractivity contribution is 5.91. The number of hydrogen-bond donors (Lipinski definition) is 2. The second-order valence-electron chi connectivity index (χ2n) is 4.19. The fourth-order valence-electron chi connectivity index (χ4n) is 1.46. The molecule has 2 N–H and O–H groups in total. The molecule has 1 aliphatic carbocycles. The third-order valence-corrected chi connectivity index (χ3v) is 2.57. The van der Waals surface area contributed by atoms with Crippen molar-refractivity contribution in [3.63, 3.8) is 0 Å². The maximum Gasteiger partial charge on any atom is 0.238 e. The Hall–Kier alpha value is -1.40. The molecule has 0 atom stereocenters. The lowest BCUT2D eigenvalue weighted by atomic mass is 10.5. The van der Waals surface area contributed by atoms with Crippen molar-refractivity contribution in [1.82, 2.24) is 15.1 Å². The second kappa shape index (κ2) is 5.79. The Morgan fingerprint density at radius 1 is 1.65 bits per heavy atom. The summed E-state index contributed by atoms with van der Waals surface area (Å²) < 4.78 is 6.69. The number of methoxy groups -OCH3 is 1. The molecule has 1 aliphatic rings. The molecule has 0 saturated heterocycles. The van der Waals surface area contributed by atoms with E-state index in [1.54, 1.807) is 24.2 Å². The second-order valence-corrected chi connectivity index (χ2v) is 4.19. The summed E-state index contributed by atoms with van der Waals surface area (Å²) in [5, 5.41) is 10.1. The number of nitrogens with zero attached hydrogens (tertiary/aromatic N) is 2. The Morgan fingerprint density at radius 3 is 3.18 bits per heavy atom. The van der Waals surface area contributed by atoms with Crippen molar-refractivity contribution in [3.8, 4) is 0 Å². The number of rotatable bonds is 7. The Labute approximate surface area is 100 Å². The summed E-state index contributed by atoms with van der Waals surface area (Å²) >= 11 is 0. The molecule has 1 fully saturated rings. The van der Waals surface area contributed by atoms with Crippen LogP contribution in [0.1, 0.15) is 12.8 Å². The van der Waals surface area contributed by atoms with E-state index in [4.69, 9.17) is 4.74 Å². The standard InChI is InChI=1S/C11H18N4O2/c1-17-5-4-15-8-10(6-13-15)14-11(16)7-12-9-2-3-9/h6,8-9,12H,2-5,7H2,1H3,(H,14,16). The van der Waals surface area contributed by atoms with Gasteiger partial charge in [-0.15, -0.1) is 0 Å². The molecule has 0 radical (unpaired) electrons. The molecule has 94 valence electrons. The third-order valence-electron chi connectivity index (χ3n) is 2.57. The monoisotopic (exact) mass is 238 g/mol. The molecule has 1 saturated carbocycles. The summed E-state index contributed by atoms with van der Waals surface area (Å²) in [6.45, 7) is 1.67. The zero-order valence-electron chi connectivity index (χ0n) is 9.98. The Kier molecular flexibility index (Phi) is 4.11. The van der Waals surface area contributed by atoms with Gasteiger partial charge in [-0.1, -0.05) is 0 Å². The molecule has 0 bridgehead atoms. The summed E-state index contributed by atoms with van der Waals surface area (Å²) in [5.74, 6) is -0.0248. The molecule has 0 spiro atoms. The largest absolute Gasteiger partial charge is 0.383 e. The maximum absolute atomic E-state index is 11.5. The van der Waals surface area contributed by atoms with Crippen LogP contribution in [0.25, 0.3) is 0 Å². The fourth-order valence-corrected chi connectivity index (χ4v) is 1.46. The van der Waals surface area contributed by atoms with Crippen LogP contribution >= 0.6 is 0 Å². The highest BCUT2D eigenvalue weighted by Gasteiger charge is 2.21. The van der Waals surface area contributed by atoms with Gasteiger partial charge in [0.05, 0.1) is 31.6 Å². The van der Waals surface area contributed by atoms with E-state index in [0.29, 0.717) is 25.7 Å². The van der Waals surface area contributed by atoms with Crippen LogP contribution in [0.3, 0.4) is 0 Å². The van der Waals surface area contributed by atoms with Gasteiger partial charge in [-0.25, -0.2) is 0 Å². The Bertz CT molecular complexity index is 373. The summed E-state index contributed by atoms with van der Waals surface area (Å²) in [5.41, 5.74) is 0.726. The topological polar surface area (TPSA) is 68.2 Å². The van der Waals surface area contributed by atoms with Crippen molar-refractivity contribution < 1.29 is 9.53 Å². The summed E-state index contributed by atoms with van der Waals surface area (Å²) in [4.78, 5) is 11.5. The lowest BCUT2D eigenvalue weighted by Crippen LogP contribution is -2.29. The Balaban J connectivity index is 1.72. The van der Waals surface area contributed by atoms with Crippen LogP contribution in [0.2, 0.25) is 0 Å². The SMILES string of the molecule is COCCn1cc(NC(=O)CNC2CC2)cn1. The van der Waals surface area contributed by atoms with Crippen molar-refractivity contribution in [1.29, 1.82) is 0 Å². The van der Waals surface area contributed by atoms with Gasteiger partial charge in [0.1, 0.15) is 0 Å². The van der Waals surface area contributed by atoms with E-state index in [1.807, 2.05) is 0 Å². The van der Waals surface area contributed by atoms with E-state index in [0.717, 1.165) is 5.69 Å². The highest BCUT2D eigenvalue weighted by Crippen LogP contribution is 2.18. The van der Waals surface area contributed by atoms with Gasteiger partial charge in [-0.2, -0.15) is 5.10 Å². The molecule has 17 heavy (non-hydrogen) atoms. The van der Waals surface area contributed by atoms with E-state index in [9.17, 15) is 4.79 Å². The zero-order chi connectivity index (χ0) is 12.1. The number of carbonyl (C=O) groups excluding carboxylic acids is 1. The van der Waals surface area contributed by atoms with E-state index in [2.05, 4.69) is 15.7 Å². The fraction of sp³-hybridized carbons (Fsp3) is 0.636. The molecule has 0 aliphatic heterocycles. The number of nitrogens with one attached hydrogen (secondary N) is 2. The van der Waals surface area contributed by atoms with Crippen molar-refractivity contribution in [2.24, 2.45) is 0 Å². The maximum atomic E-state index is 11.5. The van der Waals surface area contributed by atoms with E-state index in [1.165, 1.54) is 12.8 Å². The van der Waals surface area contributed by atoms with Gasteiger partial charge in [0, 0.05) is 19.3 Å². The minimum absolute atomic E-state index is 0.0248. The molecule has 1 heterocycles. The van der Waals surface area contributed by atoms with Crippen molar-refractivity contribution in [2.45, 2.75) is 25.4 Å². The van der Waals surface area contributed by atoms with Gasteiger partial charge in [0.15, 0.2) is 0 Å². The van der Waals surface area contributed by atoms with Crippen molar-refractivity contribution in [2.75, 3.05) is 25.6 Å². The number of carbonyl (C=O) groups is 1. The van der Waals surface area contributed by atoms with Crippen molar-refractivity contribution in [3.05, 3.63) is 12.4 Å². The molecular formula is C11H18N4O2. The molecule has 1 aromatic heterocycles. The predicted octanol–water partition coefficient (Wildman–Crippen LogP) is 0.220. The van der Waals surface area contributed by atoms with Gasteiger partial charge in [-0.3, -0.25) is 9.48 Å². The number of hydrogen-bond acceptors (Lipinski definition) is 4. The van der Waals surface area contributed by atoms with Gasteiger partial charge in [0.25, 0.3) is 0 Å². The minimum Gasteiger partial charge on any atom is -0.383 e. The molecule has 6 nitrogen and oxygen atoms in total. The van der Waals surface area contributed by atoms with E-state index < -0.39 is 0 Å². The molecule has 1 amide bonds. The summed E-state index contributed by atoms with van der Waals surface area (Å²) in [7, 11) is 1.65.